The molecule has 5 heteroatoms. The van der Waals surface area contributed by atoms with Gasteiger partial charge in [-0.2, -0.15) is 13.2 Å². The summed E-state index contributed by atoms with van der Waals surface area (Å²) in [6.45, 7) is 4.86. The normalized spacial score (nSPS) is 14.3. The lowest BCUT2D eigenvalue weighted by Gasteiger charge is -2.20. The first-order valence-electron chi connectivity index (χ1n) is 6.52. The summed E-state index contributed by atoms with van der Waals surface area (Å²) in [7, 11) is 0. The average molecular weight is 290 g/mol. The molecule has 0 saturated carbocycles. The fourth-order valence-corrected chi connectivity index (χ4v) is 1.75. The molecule has 0 aromatic heterocycles. The molecule has 1 aromatic carbocycles. The zero-order valence-electron chi connectivity index (χ0n) is 12.0. The number of alkyl halides is 3. The van der Waals surface area contributed by atoms with Crippen LogP contribution in [0.2, 0.25) is 0 Å². The maximum atomic E-state index is 11.9. The van der Waals surface area contributed by atoms with Crippen molar-refractivity contribution in [2.45, 2.75) is 44.9 Å². The van der Waals surface area contributed by atoms with Gasteiger partial charge in [0.25, 0.3) is 0 Å². The zero-order chi connectivity index (χ0) is 15.4. The minimum atomic E-state index is -4.32. The van der Waals surface area contributed by atoms with E-state index in [1.165, 1.54) is 0 Å². The van der Waals surface area contributed by atoms with Crippen molar-refractivity contribution in [3.05, 3.63) is 35.4 Å². The Morgan fingerprint density at radius 3 is 2.10 bits per heavy atom. The Labute approximate surface area is 117 Å². The van der Waals surface area contributed by atoms with Gasteiger partial charge in [-0.15, -0.1) is 0 Å². The average Bonchev–Trinajstić information content (AvgIpc) is 2.32. The molecule has 1 N–H and O–H groups in total. The molecule has 114 valence electrons. The third kappa shape index (κ3) is 5.92. The topological polar surface area (TPSA) is 29.5 Å². The SMILES string of the molecule is CC(C)(C)c1ccc(C(O)CCOCC(F)(F)F)cc1. The van der Waals surface area contributed by atoms with Gasteiger partial charge in [-0.05, 0) is 16.5 Å². The number of ether oxygens (including phenoxy) is 1. The van der Waals surface area contributed by atoms with Crippen LogP contribution in [0.5, 0.6) is 0 Å². The minimum Gasteiger partial charge on any atom is -0.388 e. The van der Waals surface area contributed by atoms with Gasteiger partial charge in [0.05, 0.1) is 6.10 Å². The summed E-state index contributed by atoms with van der Waals surface area (Å²) in [4.78, 5) is 0. The Morgan fingerprint density at radius 2 is 1.65 bits per heavy atom. The fourth-order valence-electron chi connectivity index (χ4n) is 1.75. The van der Waals surface area contributed by atoms with E-state index in [4.69, 9.17) is 0 Å². The first-order valence-corrected chi connectivity index (χ1v) is 6.52. The van der Waals surface area contributed by atoms with Crippen molar-refractivity contribution in [2.24, 2.45) is 0 Å². The second-order valence-electron chi connectivity index (χ2n) is 5.84. The molecule has 1 rings (SSSR count). The van der Waals surface area contributed by atoms with E-state index in [9.17, 15) is 18.3 Å². The van der Waals surface area contributed by atoms with E-state index in [2.05, 4.69) is 25.5 Å². The Bertz CT molecular complexity index is 405. The van der Waals surface area contributed by atoms with Crippen molar-refractivity contribution in [1.82, 2.24) is 0 Å². The molecular weight excluding hydrogens is 269 g/mol. The van der Waals surface area contributed by atoms with Crippen LogP contribution in [0, 0.1) is 0 Å². The molecule has 20 heavy (non-hydrogen) atoms. The van der Waals surface area contributed by atoms with E-state index in [-0.39, 0.29) is 18.4 Å². The summed E-state index contributed by atoms with van der Waals surface area (Å²) in [6, 6.07) is 7.45. The molecule has 0 aliphatic heterocycles. The molecule has 0 saturated heterocycles. The van der Waals surface area contributed by atoms with Crippen LogP contribution in [0.3, 0.4) is 0 Å². The standard InChI is InChI=1S/C15H21F3O2/c1-14(2,3)12-6-4-11(5-7-12)13(19)8-9-20-10-15(16,17)18/h4-7,13,19H,8-10H2,1-3H3. The van der Waals surface area contributed by atoms with Crippen molar-refractivity contribution in [3.63, 3.8) is 0 Å². The first kappa shape index (κ1) is 17.0. The summed E-state index contributed by atoms with van der Waals surface area (Å²) < 4.78 is 40.1. The molecule has 0 amide bonds. The summed E-state index contributed by atoms with van der Waals surface area (Å²) in [5, 5.41) is 9.88. The fraction of sp³-hybridized carbons (Fsp3) is 0.600. The molecule has 1 unspecified atom stereocenters. The van der Waals surface area contributed by atoms with Gasteiger partial charge in [-0.25, -0.2) is 0 Å². The highest BCUT2D eigenvalue weighted by Gasteiger charge is 2.27. The molecule has 0 bridgehead atoms. The van der Waals surface area contributed by atoms with Crippen LogP contribution in [0.4, 0.5) is 13.2 Å². The Hall–Kier alpha value is -1.07. The Balaban J connectivity index is 2.46. The van der Waals surface area contributed by atoms with Crippen LogP contribution in [0.15, 0.2) is 24.3 Å². The zero-order valence-corrected chi connectivity index (χ0v) is 12.0. The first-order chi connectivity index (χ1) is 9.09. The van der Waals surface area contributed by atoms with Crippen molar-refractivity contribution in [3.8, 4) is 0 Å². The summed E-state index contributed by atoms with van der Waals surface area (Å²) in [6.07, 6.45) is -4.98. The minimum absolute atomic E-state index is 0.0271. The van der Waals surface area contributed by atoms with Gasteiger partial charge in [0.2, 0.25) is 0 Å². The summed E-state index contributed by atoms with van der Waals surface area (Å²) >= 11 is 0. The lowest BCUT2D eigenvalue weighted by Crippen LogP contribution is -2.18. The van der Waals surface area contributed by atoms with E-state index < -0.39 is 18.9 Å². The van der Waals surface area contributed by atoms with Crippen LogP contribution >= 0.6 is 0 Å². The summed E-state index contributed by atoms with van der Waals surface area (Å²) in [5.74, 6) is 0. The second kappa shape index (κ2) is 6.59. The largest absolute Gasteiger partial charge is 0.411 e. The molecule has 0 fully saturated rings. The molecule has 1 atom stereocenters. The predicted octanol–water partition coefficient (Wildman–Crippen LogP) is 3.99. The van der Waals surface area contributed by atoms with Crippen molar-refractivity contribution in [1.29, 1.82) is 0 Å². The van der Waals surface area contributed by atoms with Crippen LogP contribution in [0.25, 0.3) is 0 Å². The van der Waals surface area contributed by atoms with E-state index in [1.54, 1.807) is 12.1 Å². The number of aliphatic hydroxyl groups excluding tert-OH is 1. The van der Waals surface area contributed by atoms with Gasteiger partial charge < -0.3 is 9.84 Å². The molecule has 2 nitrogen and oxygen atoms in total. The van der Waals surface area contributed by atoms with E-state index in [0.29, 0.717) is 5.56 Å². The Morgan fingerprint density at radius 1 is 1.10 bits per heavy atom. The summed E-state index contributed by atoms with van der Waals surface area (Å²) in [5.41, 5.74) is 1.86. The van der Waals surface area contributed by atoms with Crippen molar-refractivity contribution < 1.29 is 23.0 Å². The molecule has 0 radical (unpaired) electrons. The van der Waals surface area contributed by atoms with Crippen LogP contribution in [-0.2, 0) is 10.2 Å². The highest BCUT2D eigenvalue weighted by atomic mass is 19.4. The van der Waals surface area contributed by atoms with E-state index >= 15 is 0 Å². The van der Waals surface area contributed by atoms with Crippen LogP contribution in [-0.4, -0.2) is 24.5 Å². The van der Waals surface area contributed by atoms with Crippen molar-refractivity contribution in [2.75, 3.05) is 13.2 Å². The lowest BCUT2D eigenvalue weighted by molar-refractivity contribution is -0.175. The van der Waals surface area contributed by atoms with Gasteiger partial charge in [-0.3, -0.25) is 0 Å². The van der Waals surface area contributed by atoms with E-state index in [0.717, 1.165) is 5.56 Å². The number of hydrogen-bond donors (Lipinski definition) is 1. The maximum Gasteiger partial charge on any atom is 0.411 e. The maximum absolute atomic E-state index is 11.9. The molecule has 0 aliphatic rings. The molecule has 1 aromatic rings. The van der Waals surface area contributed by atoms with Gasteiger partial charge >= 0.3 is 6.18 Å². The van der Waals surface area contributed by atoms with Gasteiger partial charge in [0.1, 0.15) is 6.61 Å². The highest BCUT2D eigenvalue weighted by Crippen LogP contribution is 2.25. The molecule has 0 aliphatic carbocycles. The Kier molecular flexibility index (Phi) is 5.59. The second-order valence-corrected chi connectivity index (χ2v) is 5.84. The van der Waals surface area contributed by atoms with Crippen LogP contribution in [0.1, 0.15) is 44.4 Å². The van der Waals surface area contributed by atoms with Gasteiger partial charge in [0.15, 0.2) is 0 Å². The quantitative estimate of drug-likeness (QED) is 0.831. The smallest absolute Gasteiger partial charge is 0.388 e. The molecule has 0 spiro atoms. The van der Waals surface area contributed by atoms with E-state index in [1.807, 2.05) is 12.1 Å². The number of rotatable bonds is 5. The third-order valence-electron chi connectivity index (χ3n) is 2.96. The number of hydrogen-bond acceptors (Lipinski definition) is 2. The van der Waals surface area contributed by atoms with Crippen LogP contribution < -0.4 is 0 Å². The van der Waals surface area contributed by atoms with Gasteiger partial charge in [0, 0.05) is 13.0 Å². The van der Waals surface area contributed by atoms with Gasteiger partial charge in [-0.1, -0.05) is 45.0 Å². The number of halogens is 3. The number of benzene rings is 1. The lowest BCUT2D eigenvalue weighted by atomic mass is 9.86. The predicted molar refractivity (Wildman–Crippen MR) is 71.6 cm³/mol. The highest BCUT2D eigenvalue weighted by molar-refractivity contribution is 5.28. The van der Waals surface area contributed by atoms with Crippen molar-refractivity contribution >= 4 is 0 Å². The molecule has 0 heterocycles. The molecular formula is C15H21F3O2. The number of aliphatic hydroxyl groups is 1. The monoisotopic (exact) mass is 290 g/mol. The third-order valence-corrected chi connectivity index (χ3v) is 2.96.